The van der Waals surface area contributed by atoms with E-state index in [4.69, 9.17) is 11.1 Å². The quantitative estimate of drug-likeness (QED) is 0.574. The standard InChI is InChI=1S/C22H29N3O/c1-4-5-20(26)22(2,3)13-19-12-18-11-10-17(14-25(18)19)15-6-8-16(9-7-15)21(23)24/h6-11,14,18-19H,4-5,12-13H2,1-3H3,(H3,23,24). The fourth-order valence-electron chi connectivity index (χ4n) is 3.92. The lowest BCUT2D eigenvalue weighted by Gasteiger charge is -2.51. The van der Waals surface area contributed by atoms with Crippen LogP contribution < -0.4 is 5.73 Å². The summed E-state index contributed by atoms with van der Waals surface area (Å²) in [6.07, 6.45) is 10.3. The molecule has 0 bridgehead atoms. The maximum absolute atomic E-state index is 12.4. The zero-order valence-corrected chi connectivity index (χ0v) is 16.0. The van der Waals surface area contributed by atoms with Crippen LogP contribution >= 0.6 is 0 Å². The Kier molecular flexibility index (Phi) is 5.03. The molecule has 2 heterocycles. The minimum Gasteiger partial charge on any atom is -0.384 e. The van der Waals surface area contributed by atoms with Gasteiger partial charge in [-0.15, -0.1) is 0 Å². The summed E-state index contributed by atoms with van der Waals surface area (Å²) in [6, 6.07) is 8.68. The van der Waals surface area contributed by atoms with Crippen LogP contribution in [-0.4, -0.2) is 28.6 Å². The second-order valence-corrected chi connectivity index (χ2v) is 8.10. The molecule has 2 aliphatic heterocycles. The monoisotopic (exact) mass is 351 g/mol. The first kappa shape index (κ1) is 18.4. The van der Waals surface area contributed by atoms with Gasteiger partial charge in [-0.1, -0.05) is 57.2 Å². The van der Waals surface area contributed by atoms with E-state index in [1.807, 2.05) is 24.3 Å². The van der Waals surface area contributed by atoms with Gasteiger partial charge in [-0.3, -0.25) is 10.2 Å². The summed E-state index contributed by atoms with van der Waals surface area (Å²) in [7, 11) is 0. The number of ketones is 1. The Hall–Kier alpha value is -2.36. The predicted molar refractivity (Wildman–Crippen MR) is 107 cm³/mol. The van der Waals surface area contributed by atoms with E-state index in [-0.39, 0.29) is 11.3 Å². The normalized spacial score (nSPS) is 21.7. The molecule has 1 aromatic rings. The van der Waals surface area contributed by atoms with Crippen LogP contribution in [-0.2, 0) is 4.79 Å². The summed E-state index contributed by atoms with van der Waals surface area (Å²) >= 11 is 0. The van der Waals surface area contributed by atoms with Gasteiger partial charge in [0.25, 0.3) is 0 Å². The third-order valence-corrected chi connectivity index (χ3v) is 5.61. The number of fused-ring (bicyclic) bond motifs is 1. The smallest absolute Gasteiger partial charge is 0.138 e. The average Bonchev–Trinajstić information content (AvgIpc) is 2.60. The van der Waals surface area contributed by atoms with Crippen molar-refractivity contribution in [1.29, 1.82) is 5.41 Å². The number of Topliss-reactive ketones (excluding diaryl/α,β-unsaturated/α-hetero) is 1. The number of carbonyl (C=O) groups is 1. The molecule has 2 unspecified atom stereocenters. The predicted octanol–water partition coefficient (Wildman–Crippen LogP) is 4.11. The lowest BCUT2D eigenvalue weighted by Crippen LogP contribution is -2.54. The van der Waals surface area contributed by atoms with Crippen molar-refractivity contribution >= 4 is 17.2 Å². The fourth-order valence-corrected chi connectivity index (χ4v) is 3.92. The molecule has 138 valence electrons. The molecule has 4 heteroatoms. The number of nitrogens with zero attached hydrogens (tertiary/aromatic N) is 1. The topological polar surface area (TPSA) is 70.2 Å². The van der Waals surface area contributed by atoms with Gasteiger partial charge in [-0.25, -0.2) is 0 Å². The van der Waals surface area contributed by atoms with Crippen molar-refractivity contribution in [2.75, 3.05) is 0 Å². The number of carbonyl (C=O) groups excluding carboxylic acids is 1. The van der Waals surface area contributed by atoms with Crippen LogP contribution in [0.5, 0.6) is 0 Å². The Morgan fingerprint density at radius 2 is 2.00 bits per heavy atom. The summed E-state index contributed by atoms with van der Waals surface area (Å²) < 4.78 is 0. The Balaban J connectivity index is 1.72. The van der Waals surface area contributed by atoms with Gasteiger partial charge in [-0.2, -0.15) is 0 Å². The first-order valence-electron chi connectivity index (χ1n) is 9.47. The van der Waals surface area contributed by atoms with E-state index in [2.05, 4.69) is 44.0 Å². The van der Waals surface area contributed by atoms with Crippen LogP contribution in [0.2, 0.25) is 0 Å². The molecular weight excluding hydrogens is 322 g/mol. The highest BCUT2D eigenvalue weighted by molar-refractivity contribution is 5.95. The number of rotatable bonds is 7. The SMILES string of the molecule is CCCC(=O)C(C)(C)CC1CC2C=CC(c3ccc(C(=N)N)cc3)=CN21. The largest absolute Gasteiger partial charge is 0.384 e. The molecule has 3 N–H and O–H groups in total. The maximum Gasteiger partial charge on any atom is 0.138 e. The molecule has 0 saturated carbocycles. The zero-order chi connectivity index (χ0) is 18.9. The van der Waals surface area contributed by atoms with Gasteiger partial charge in [0.2, 0.25) is 0 Å². The molecule has 0 radical (unpaired) electrons. The van der Waals surface area contributed by atoms with E-state index in [1.54, 1.807) is 0 Å². The molecule has 1 saturated heterocycles. The molecule has 2 aliphatic rings. The van der Waals surface area contributed by atoms with E-state index < -0.39 is 0 Å². The van der Waals surface area contributed by atoms with Crippen molar-refractivity contribution < 1.29 is 4.79 Å². The van der Waals surface area contributed by atoms with Crippen molar-refractivity contribution in [2.24, 2.45) is 11.1 Å². The second-order valence-electron chi connectivity index (χ2n) is 8.10. The van der Waals surface area contributed by atoms with Crippen molar-refractivity contribution in [3.05, 3.63) is 53.7 Å². The minimum absolute atomic E-state index is 0.0894. The number of hydrogen-bond acceptors (Lipinski definition) is 3. The second kappa shape index (κ2) is 7.10. The molecule has 1 fully saturated rings. The van der Waals surface area contributed by atoms with Crippen molar-refractivity contribution in [1.82, 2.24) is 4.90 Å². The number of benzene rings is 1. The Morgan fingerprint density at radius 1 is 1.31 bits per heavy atom. The highest BCUT2D eigenvalue weighted by Crippen LogP contribution is 2.40. The van der Waals surface area contributed by atoms with Gasteiger partial charge < -0.3 is 10.6 Å². The number of allylic oxidation sites excluding steroid dienone is 2. The highest BCUT2D eigenvalue weighted by Gasteiger charge is 2.41. The Labute approximate surface area is 156 Å². The number of nitrogens with one attached hydrogen (secondary N) is 1. The van der Waals surface area contributed by atoms with Gasteiger partial charge in [0.1, 0.15) is 11.6 Å². The Morgan fingerprint density at radius 3 is 2.62 bits per heavy atom. The zero-order valence-electron chi connectivity index (χ0n) is 16.0. The van der Waals surface area contributed by atoms with Gasteiger partial charge in [0.15, 0.2) is 0 Å². The molecule has 1 aromatic carbocycles. The highest BCUT2D eigenvalue weighted by atomic mass is 16.1. The first-order chi connectivity index (χ1) is 12.3. The summed E-state index contributed by atoms with van der Waals surface area (Å²) in [5, 5.41) is 7.51. The van der Waals surface area contributed by atoms with Crippen LogP contribution in [0.3, 0.4) is 0 Å². The minimum atomic E-state index is -0.260. The van der Waals surface area contributed by atoms with Crippen molar-refractivity contribution in [2.45, 2.75) is 58.5 Å². The fraction of sp³-hybridized carbons (Fsp3) is 0.455. The van der Waals surface area contributed by atoms with Gasteiger partial charge in [0.05, 0.1) is 0 Å². The van der Waals surface area contributed by atoms with Crippen LogP contribution in [0.15, 0.2) is 42.6 Å². The average molecular weight is 351 g/mol. The van der Waals surface area contributed by atoms with E-state index in [0.29, 0.717) is 24.3 Å². The molecule has 0 aliphatic carbocycles. The molecule has 3 rings (SSSR count). The number of nitrogen functional groups attached to an aromatic ring is 1. The lowest BCUT2D eigenvalue weighted by molar-refractivity contribution is -0.128. The number of amidine groups is 1. The lowest BCUT2D eigenvalue weighted by atomic mass is 9.74. The molecule has 2 atom stereocenters. The van der Waals surface area contributed by atoms with Crippen molar-refractivity contribution in [3.8, 4) is 0 Å². The molecule has 26 heavy (non-hydrogen) atoms. The molecule has 0 aromatic heterocycles. The molecular formula is C22H29N3O. The third-order valence-electron chi connectivity index (χ3n) is 5.61. The van der Waals surface area contributed by atoms with Crippen LogP contribution in [0.1, 0.15) is 57.6 Å². The summed E-state index contributed by atoms with van der Waals surface area (Å²) in [5.74, 6) is 0.464. The molecule has 0 amide bonds. The maximum atomic E-state index is 12.4. The van der Waals surface area contributed by atoms with Gasteiger partial charge in [-0.05, 0) is 30.4 Å². The van der Waals surface area contributed by atoms with E-state index in [9.17, 15) is 4.79 Å². The van der Waals surface area contributed by atoms with Gasteiger partial charge in [0, 0.05) is 35.7 Å². The number of nitrogens with two attached hydrogens (primary N) is 1. The summed E-state index contributed by atoms with van der Waals surface area (Å²) in [6.45, 7) is 6.24. The number of hydrogen-bond donors (Lipinski definition) is 2. The van der Waals surface area contributed by atoms with E-state index in [0.717, 1.165) is 30.4 Å². The third kappa shape index (κ3) is 3.59. The van der Waals surface area contributed by atoms with E-state index >= 15 is 0 Å². The van der Waals surface area contributed by atoms with Crippen molar-refractivity contribution in [3.63, 3.8) is 0 Å². The molecule has 4 nitrogen and oxygen atoms in total. The van der Waals surface area contributed by atoms with E-state index in [1.165, 1.54) is 5.57 Å². The van der Waals surface area contributed by atoms with Crippen LogP contribution in [0.25, 0.3) is 5.57 Å². The first-order valence-corrected chi connectivity index (χ1v) is 9.47. The van der Waals surface area contributed by atoms with Crippen LogP contribution in [0.4, 0.5) is 0 Å². The van der Waals surface area contributed by atoms with Gasteiger partial charge >= 0.3 is 0 Å². The Bertz CT molecular complexity index is 758. The van der Waals surface area contributed by atoms with Crippen LogP contribution in [0, 0.1) is 10.8 Å². The summed E-state index contributed by atoms with van der Waals surface area (Å²) in [4.78, 5) is 14.8. The summed E-state index contributed by atoms with van der Waals surface area (Å²) in [5.41, 5.74) is 8.30. The molecule has 0 spiro atoms.